The molecular formula is C24H31N3O3. The standard InChI is InChI=1S/C24H31N3O3/c1-30-21-13-9-17(10-14-21)15-22(25)24(29)27-20-11-7-18(8-12-20)16-26-23(28)19-5-3-2-4-6-19/h7-14,19,22H,2-6,15-16,25H2,1H3,(H,26,28)(H,27,29). The third-order valence-electron chi connectivity index (χ3n) is 5.62. The summed E-state index contributed by atoms with van der Waals surface area (Å²) in [6.45, 7) is 0.501. The number of carbonyl (C=O) groups excluding carboxylic acids is 2. The lowest BCUT2D eigenvalue weighted by Crippen LogP contribution is -2.37. The summed E-state index contributed by atoms with van der Waals surface area (Å²) in [6, 6.07) is 14.4. The van der Waals surface area contributed by atoms with Crippen LogP contribution >= 0.6 is 0 Å². The van der Waals surface area contributed by atoms with E-state index in [1.807, 2.05) is 48.5 Å². The molecule has 160 valence electrons. The Kier molecular flexibility index (Phi) is 7.85. The summed E-state index contributed by atoms with van der Waals surface area (Å²) in [6.07, 6.45) is 5.96. The summed E-state index contributed by atoms with van der Waals surface area (Å²) >= 11 is 0. The molecular weight excluding hydrogens is 378 g/mol. The van der Waals surface area contributed by atoms with E-state index in [-0.39, 0.29) is 17.7 Å². The average Bonchev–Trinajstić information content (AvgIpc) is 2.79. The number of anilines is 1. The van der Waals surface area contributed by atoms with Gasteiger partial charge in [-0.1, -0.05) is 43.5 Å². The van der Waals surface area contributed by atoms with Gasteiger partial charge < -0.3 is 21.1 Å². The van der Waals surface area contributed by atoms with Crippen molar-refractivity contribution < 1.29 is 14.3 Å². The second-order valence-corrected chi connectivity index (χ2v) is 7.90. The molecule has 1 saturated carbocycles. The highest BCUT2D eigenvalue weighted by molar-refractivity contribution is 5.94. The van der Waals surface area contributed by atoms with E-state index in [1.165, 1.54) is 6.42 Å². The molecule has 1 atom stereocenters. The number of benzene rings is 2. The van der Waals surface area contributed by atoms with Crippen molar-refractivity contribution in [2.45, 2.75) is 51.1 Å². The van der Waals surface area contributed by atoms with Gasteiger partial charge in [-0.25, -0.2) is 0 Å². The second-order valence-electron chi connectivity index (χ2n) is 7.90. The van der Waals surface area contributed by atoms with Gasteiger partial charge in [-0.3, -0.25) is 9.59 Å². The summed E-state index contributed by atoms with van der Waals surface area (Å²) in [5.74, 6) is 0.844. The molecule has 3 rings (SSSR count). The first kappa shape index (κ1) is 21.8. The van der Waals surface area contributed by atoms with Crippen LogP contribution in [0, 0.1) is 5.92 Å². The first-order valence-electron chi connectivity index (χ1n) is 10.6. The molecule has 6 heteroatoms. The van der Waals surface area contributed by atoms with Crippen molar-refractivity contribution in [3.63, 3.8) is 0 Å². The zero-order valence-electron chi connectivity index (χ0n) is 17.5. The topological polar surface area (TPSA) is 93.4 Å². The SMILES string of the molecule is COc1ccc(CC(N)C(=O)Nc2ccc(CNC(=O)C3CCCCC3)cc2)cc1. The van der Waals surface area contributed by atoms with E-state index in [1.54, 1.807) is 7.11 Å². The van der Waals surface area contributed by atoms with E-state index in [9.17, 15) is 9.59 Å². The van der Waals surface area contributed by atoms with Crippen molar-refractivity contribution in [2.75, 3.05) is 12.4 Å². The molecule has 0 bridgehead atoms. The van der Waals surface area contributed by atoms with Gasteiger partial charge in [0.2, 0.25) is 11.8 Å². The fraction of sp³-hybridized carbons (Fsp3) is 0.417. The van der Waals surface area contributed by atoms with E-state index in [0.29, 0.717) is 18.7 Å². The molecule has 30 heavy (non-hydrogen) atoms. The first-order valence-corrected chi connectivity index (χ1v) is 10.6. The number of ether oxygens (including phenoxy) is 1. The highest BCUT2D eigenvalue weighted by atomic mass is 16.5. The Morgan fingerprint density at radius 1 is 1.00 bits per heavy atom. The molecule has 2 aromatic carbocycles. The van der Waals surface area contributed by atoms with E-state index in [0.717, 1.165) is 42.6 Å². The number of nitrogens with two attached hydrogens (primary N) is 1. The van der Waals surface area contributed by atoms with Crippen molar-refractivity contribution in [3.05, 3.63) is 59.7 Å². The first-order chi connectivity index (χ1) is 14.5. The van der Waals surface area contributed by atoms with Gasteiger partial charge in [0, 0.05) is 18.2 Å². The number of carbonyl (C=O) groups is 2. The number of nitrogens with one attached hydrogen (secondary N) is 2. The van der Waals surface area contributed by atoms with Crippen molar-refractivity contribution in [1.29, 1.82) is 0 Å². The maximum absolute atomic E-state index is 12.4. The number of amides is 2. The lowest BCUT2D eigenvalue weighted by atomic mass is 9.88. The number of hydrogen-bond donors (Lipinski definition) is 3. The quantitative estimate of drug-likeness (QED) is 0.623. The molecule has 1 fully saturated rings. The third kappa shape index (κ3) is 6.32. The molecule has 1 aliphatic carbocycles. The molecule has 0 aromatic heterocycles. The highest BCUT2D eigenvalue weighted by Gasteiger charge is 2.20. The van der Waals surface area contributed by atoms with Crippen molar-refractivity contribution in [2.24, 2.45) is 11.7 Å². The van der Waals surface area contributed by atoms with E-state index in [2.05, 4.69) is 10.6 Å². The summed E-state index contributed by atoms with van der Waals surface area (Å²) in [5, 5.41) is 5.88. The van der Waals surface area contributed by atoms with Crippen LogP contribution in [0.5, 0.6) is 5.75 Å². The minimum atomic E-state index is -0.646. The van der Waals surface area contributed by atoms with Crippen LogP contribution in [0.1, 0.15) is 43.2 Å². The van der Waals surface area contributed by atoms with Crippen molar-refractivity contribution in [1.82, 2.24) is 5.32 Å². The summed E-state index contributed by atoms with van der Waals surface area (Å²) in [5.41, 5.74) is 8.72. The molecule has 0 spiro atoms. The van der Waals surface area contributed by atoms with Gasteiger partial charge in [-0.05, 0) is 54.7 Å². The fourth-order valence-corrected chi connectivity index (χ4v) is 3.75. The van der Waals surface area contributed by atoms with Gasteiger partial charge in [0.15, 0.2) is 0 Å². The Bertz CT molecular complexity index is 828. The summed E-state index contributed by atoms with van der Waals surface area (Å²) < 4.78 is 5.14. The zero-order chi connectivity index (χ0) is 21.3. The van der Waals surface area contributed by atoms with Gasteiger partial charge in [0.25, 0.3) is 0 Å². The van der Waals surface area contributed by atoms with Crippen LogP contribution < -0.4 is 21.1 Å². The molecule has 2 aromatic rings. The van der Waals surface area contributed by atoms with Gasteiger partial charge in [0.1, 0.15) is 5.75 Å². The number of methoxy groups -OCH3 is 1. The smallest absolute Gasteiger partial charge is 0.241 e. The predicted molar refractivity (Wildman–Crippen MR) is 118 cm³/mol. The Morgan fingerprint density at radius 3 is 2.27 bits per heavy atom. The molecule has 6 nitrogen and oxygen atoms in total. The minimum absolute atomic E-state index is 0.150. The lowest BCUT2D eigenvalue weighted by molar-refractivity contribution is -0.126. The van der Waals surface area contributed by atoms with Crippen LogP contribution in [0.25, 0.3) is 0 Å². The molecule has 1 unspecified atom stereocenters. The van der Waals surface area contributed by atoms with Gasteiger partial charge in [-0.15, -0.1) is 0 Å². The van der Waals surface area contributed by atoms with Gasteiger partial charge in [0.05, 0.1) is 13.2 Å². The molecule has 0 aliphatic heterocycles. The van der Waals surface area contributed by atoms with Gasteiger partial charge in [-0.2, -0.15) is 0 Å². The van der Waals surface area contributed by atoms with Crippen LogP contribution in [0.15, 0.2) is 48.5 Å². The normalized spacial score (nSPS) is 15.3. The monoisotopic (exact) mass is 409 g/mol. The molecule has 0 heterocycles. The highest BCUT2D eigenvalue weighted by Crippen LogP contribution is 2.23. The van der Waals surface area contributed by atoms with Crippen LogP contribution in [-0.2, 0) is 22.6 Å². The van der Waals surface area contributed by atoms with Crippen LogP contribution in [0.3, 0.4) is 0 Å². The molecule has 0 saturated heterocycles. The largest absolute Gasteiger partial charge is 0.497 e. The fourth-order valence-electron chi connectivity index (χ4n) is 3.75. The Labute approximate surface area is 178 Å². The van der Waals surface area contributed by atoms with Crippen molar-refractivity contribution >= 4 is 17.5 Å². The Balaban J connectivity index is 1.45. The Hall–Kier alpha value is -2.86. The number of rotatable bonds is 8. The maximum Gasteiger partial charge on any atom is 0.241 e. The number of hydrogen-bond acceptors (Lipinski definition) is 4. The molecule has 2 amide bonds. The van der Waals surface area contributed by atoms with Crippen molar-refractivity contribution in [3.8, 4) is 5.75 Å². The van der Waals surface area contributed by atoms with Crippen LogP contribution in [0.4, 0.5) is 5.69 Å². The maximum atomic E-state index is 12.4. The molecule has 1 aliphatic rings. The van der Waals surface area contributed by atoms with Gasteiger partial charge >= 0.3 is 0 Å². The molecule has 4 N–H and O–H groups in total. The Morgan fingerprint density at radius 2 is 1.63 bits per heavy atom. The van der Waals surface area contributed by atoms with E-state index in [4.69, 9.17) is 10.5 Å². The minimum Gasteiger partial charge on any atom is -0.497 e. The lowest BCUT2D eigenvalue weighted by Gasteiger charge is -2.20. The molecule has 0 radical (unpaired) electrons. The summed E-state index contributed by atoms with van der Waals surface area (Å²) in [7, 11) is 1.62. The predicted octanol–water partition coefficient (Wildman–Crippen LogP) is 3.40. The average molecular weight is 410 g/mol. The van der Waals surface area contributed by atoms with Crippen LogP contribution in [-0.4, -0.2) is 25.0 Å². The van der Waals surface area contributed by atoms with E-state index < -0.39 is 6.04 Å². The van der Waals surface area contributed by atoms with Crippen LogP contribution in [0.2, 0.25) is 0 Å². The second kappa shape index (κ2) is 10.8. The van der Waals surface area contributed by atoms with E-state index >= 15 is 0 Å². The third-order valence-corrected chi connectivity index (χ3v) is 5.62. The summed E-state index contributed by atoms with van der Waals surface area (Å²) in [4.78, 5) is 24.7. The zero-order valence-corrected chi connectivity index (χ0v) is 17.5.